The van der Waals surface area contributed by atoms with E-state index in [4.69, 9.17) is 5.11 Å². The normalized spacial score (nSPS) is 12.3. The Morgan fingerprint density at radius 2 is 1.89 bits per heavy atom. The summed E-state index contributed by atoms with van der Waals surface area (Å²) >= 11 is 0. The molecule has 0 heterocycles. The number of carboxylic acids is 1. The Morgan fingerprint density at radius 3 is 2.44 bits per heavy atom. The molecule has 0 aliphatic carbocycles. The predicted octanol–water partition coefficient (Wildman–Crippen LogP) is 4.39. The van der Waals surface area contributed by atoms with Gasteiger partial charge in [0.05, 0.1) is 0 Å². The minimum atomic E-state index is -0.709. The van der Waals surface area contributed by atoms with E-state index >= 15 is 0 Å². The molecule has 0 unspecified atom stereocenters. The molecule has 2 heteroatoms. The number of benzene rings is 1. The van der Waals surface area contributed by atoms with E-state index in [9.17, 15) is 4.79 Å². The van der Waals surface area contributed by atoms with Crippen LogP contribution in [0.15, 0.2) is 24.3 Å². The predicted molar refractivity (Wildman–Crippen MR) is 75.0 cm³/mol. The molecule has 1 atom stereocenters. The minimum Gasteiger partial charge on any atom is -0.481 e. The van der Waals surface area contributed by atoms with Gasteiger partial charge in [-0.25, -0.2) is 0 Å². The Balaban J connectivity index is 2.44. The van der Waals surface area contributed by atoms with Gasteiger partial charge in [-0.05, 0) is 36.3 Å². The SMILES string of the molecule is CCCC[C@@H](C)c1ccc(CCCC(=O)O)cc1. The second kappa shape index (κ2) is 7.91. The van der Waals surface area contributed by atoms with Crippen LogP contribution >= 0.6 is 0 Å². The number of carbonyl (C=O) groups is 1. The van der Waals surface area contributed by atoms with Gasteiger partial charge < -0.3 is 5.11 Å². The first-order chi connectivity index (χ1) is 8.63. The van der Waals surface area contributed by atoms with Crippen molar-refractivity contribution in [2.75, 3.05) is 0 Å². The van der Waals surface area contributed by atoms with Crippen molar-refractivity contribution in [1.82, 2.24) is 0 Å². The average molecular weight is 248 g/mol. The molecule has 0 aliphatic rings. The van der Waals surface area contributed by atoms with E-state index in [0.29, 0.717) is 5.92 Å². The number of unbranched alkanes of at least 4 members (excludes halogenated alkanes) is 1. The summed E-state index contributed by atoms with van der Waals surface area (Å²) in [4.78, 5) is 10.4. The fourth-order valence-electron chi connectivity index (χ4n) is 2.13. The molecule has 0 saturated carbocycles. The summed E-state index contributed by atoms with van der Waals surface area (Å²) in [6, 6.07) is 8.66. The first-order valence-electron chi connectivity index (χ1n) is 6.94. The zero-order valence-corrected chi connectivity index (χ0v) is 11.5. The molecule has 100 valence electrons. The van der Waals surface area contributed by atoms with E-state index in [1.54, 1.807) is 0 Å². The Hall–Kier alpha value is -1.31. The van der Waals surface area contributed by atoms with E-state index < -0.39 is 5.97 Å². The van der Waals surface area contributed by atoms with E-state index in [1.807, 2.05) is 0 Å². The molecule has 0 radical (unpaired) electrons. The van der Waals surface area contributed by atoms with E-state index in [1.165, 1.54) is 30.4 Å². The topological polar surface area (TPSA) is 37.3 Å². The fourth-order valence-corrected chi connectivity index (χ4v) is 2.13. The minimum absolute atomic E-state index is 0.259. The molecule has 18 heavy (non-hydrogen) atoms. The summed E-state index contributed by atoms with van der Waals surface area (Å²) in [5.41, 5.74) is 2.63. The van der Waals surface area contributed by atoms with Crippen LogP contribution in [0.1, 0.15) is 63.0 Å². The summed E-state index contributed by atoms with van der Waals surface area (Å²) in [6.45, 7) is 4.49. The first kappa shape index (κ1) is 14.7. The van der Waals surface area contributed by atoms with Gasteiger partial charge in [-0.15, -0.1) is 0 Å². The zero-order chi connectivity index (χ0) is 13.4. The highest BCUT2D eigenvalue weighted by atomic mass is 16.4. The Labute approximate surface area is 110 Å². The molecule has 1 aromatic rings. The van der Waals surface area contributed by atoms with Gasteiger partial charge in [0.15, 0.2) is 0 Å². The van der Waals surface area contributed by atoms with E-state index in [-0.39, 0.29) is 6.42 Å². The van der Waals surface area contributed by atoms with E-state index in [2.05, 4.69) is 38.1 Å². The highest BCUT2D eigenvalue weighted by molar-refractivity contribution is 5.66. The van der Waals surface area contributed by atoms with Crippen LogP contribution in [0.25, 0.3) is 0 Å². The molecule has 0 aromatic heterocycles. The molecule has 1 aromatic carbocycles. The van der Waals surface area contributed by atoms with Gasteiger partial charge in [0.25, 0.3) is 0 Å². The van der Waals surface area contributed by atoms with Gasteiger partial charge in [-0.1, -0.05) is 51.0 Å². The molecular formula is C16H24O2. The summed E-state index contributed by atoms with van der Waals surface area (Å²) in [7, 11) is 0. The van der Waals surface area contributed by atoms with Gasteiger partial charge in [0.1, 0.15) is 0 Å². The standard InChI is InChI=1S/C16H24O2/c1-3-4-6-13(2)15-11-9-14(10-12-15)7-5-8-16(17)18/h9-13H,3-8H2,1-2H3,(H,17,18)/t13-/m1/s1. The van der Waals surface area contributed by atoms with E-state index in [0.717, 1.165) is 12.8 Å². The smallest absolute Gasteiger partial charge is 0.303 e. The van der Waals surface area contributed by atoms with Crippen molar-refractivity contribution in [3.63, 3.8) is 0 Å². The summed E-state index contributed by atoms with van der Waals surface area (Å²) in [5.74, 6) is -0.0853. The molecular weight excluding hydrogens is 224 g/mol. The third-order valence-electron chi connectivity index (χ3n) is 3.40. The lowest BCUT2D eigenvalue weighted by Gasteiger charge is -2.11. The number of aryl methyl sites for hydroxylation is 1. The quantitative estimate of drug-likeness (QED) is 0.741. The molecule has 2 nitrogen and oxygen atoms in total. The first-order valence-corrected chi connectivity index (χ1v) is 6.94. The summed E-state index contributed by atoms with van der Waals surface area (Å²) in [6.07, 6.45) is 5.61. The maximum absolute atomic E-state index is 10.4. The lowest BCUT2D eigenvalue weighted by molar-refractivity contribution is -0.137. The van der Waals surface area contributed by atoms with Crippen LogP contribution in [0.4, 0.5) is 0 Å². The van der Waals surface area contributed by atoms with Crippen LogP contribution in [0.3, 0.4) is 0 Å². The highest BCUT2D eigenvalue weighted by Gasteiger charge is 2.05. The summed E-state index contributed by atoms with van der Waals surface area (Å²) in [5, 5.41) is 8.59. The number of rotatable bonds is 8. The van der Waals surface area contributed by atoms with Crippen LogP contribution in [-0.2, 0) is 11.2 Å². The van der Waals surface area contributed by atoms with Gasteiger partial charge in [0, 0.05) is 6.42 Å². The molecule has 0 amide bonds. The zero-order valence-electron chi connectivity index (χ0n) is 11.5. The summed E-state index contributed by atoms with van der Waals surface area (Å²) < 4.78 is 0. The van der Waals surface area contributed by atoms with Crippen molar-refractivity contribution in [1.29, 1.82) is 0 Å². The van der Waals surface area contributed by atoms with Gasteiger partial charge >= 0.3 is 5.97 Å². The maximum Gasteiger partial charge on any atom is 0.303 e. The molecule has 1 N–H and O–H groups in total. The Morgan fingerprint density at radius 1 is 1.22 bits per heavy atom. The average Bonchev–Trinajstić information content (AvgIpc) is 2.36. The van der Waals surface area contributed by atoms with Gasteiger partial charge in [-0.3, -0.25) is 4.79 Å². The van der Waals surface area contributed by atoms with Crippen molar-refractivity contribution >= 4 is 5.97 Å². The van der Waals surface area contributed by atoms with Gasteiger partial charge in [0.2, 0.25) is 0 Å². The van der Waals surface area contributed by atoms with Crippen LogP contribution in [0, 0.1) is 0 Å². The number of carboxylic acid groups (broad SMARTS) is 1. The monoisotopic (exact) mass is 248 g/mol. The van der Waals surface area contributed by atoms with Crippen molar-refractivity contribution in [2.24, 2.45) is 0 Å². The van der Waals surface area contributed by atoms with Crippen LogP contribution in [0.2, 0.25) is 0 Å². The molecule has 1 rings (SSSR count). The lowest BCUT2D eigenvalue weighted by Crippen LogP contribution is -1.97. The number of aliphatic carboxylic acids is 1. The maximum atomic E-state index is 10.4. The molecule has 0 fully saturated rings. The van der Waals surface area contributed by atoms with Crippen molar-refractivity contribution < 1.29 is 9.90 Å². The van der Waals surface area contributed by atoms with Gasteiger partial charge in [-0.2, -0.15) is 0 Å². The Bertz CT molecular complexity index is 354. The fraction of sp³-hybridized carbons (Fsp3) is 0.562. The molecule has 0 spiro atoms. The van der Waals surface area contributed by atoms with Crippen molar-refractivity contribution in [2.45, 2.75) is 58.3 Å². The van der Waals surface area contributed by atoms with Crippen molar-refractivity contribution in [3.8, 4) is 0 Å². The Kier molecular flexibility index (Phi) is 6.48. The highest BCUT2D eigenvalue weighted by Crippen LogP contribution is 2.22. The molecule has 0 aliphatic heterocycles. The third-order valence-corrected chi connectivity index (χ3v) is 3.40. The van der Waals surface area contributed by atoms with Crippen LogP contribution in [0.5, 0.6) is 0 Å². The second-order valence-electron chi connectivity index (χ2n) is 5.03. The number of hydrogen-bond donors (Lipinski definition) is 1. The third kappa shape index (κ3) is 5.35. The van der Waals surface area contributed by atoms with Crippen LogP contribution < -0.4 is 0 Å². The largest absolute Gasteiger partial charge is 0.481 e. The lowest BCUT2D eigenvalue weighted by atomic mass is 9.94. The molecule has 0 bridgehead atoms. The van der Waals surface area contributed by atoms with Crippen LogP contribution in [-0.4, -0.2) is 11.1 Å². The number of hydrogen-bond acceptors (Lipinski definition) is 1. The second-order valence-corrected chi connectivity index (χ2v) is 5.03. The van der Waals surface area contributed by atoms with Crippen molar-refractivity contribution in [3.05, 3.63) is 35.4 Å². The molecule has 0 saturated heterocycles.